The van der Waals surface area contributed by atoms with E-state index in [4.69, 9.17) is 0 Å². The molecule has 3 amide bonds. The van der Waals surface area contributed by atoms with Crippen LogP contribution in [0.25, 0.3) is 0 Å². The quantitative estimate of drug-likeness (QED) is 0.781. The standard InChI is InChI=1S/C12H15N3O2/c1-8-4-9(6-13-5-8)7-15-11(17)14-10(16)12(15,2)3/h4-6H,7H2,1-3H3,(H,14,16,17). The molecular weight excluding hydrogens is 218 g/mol. The van der Waals surface area contributed by atoms with Crippen LogP contribution in [0.1, 0.15) is 25.0 Å². The van der Waals surface area contributed by atoms with Crippen molar-refractivity contribution in [1.29, 1.82) is 0 Å². The molecule has 1 saturated heterocycles. The van der Waals surface area contributed by atoms with E-state index in [1.165, 1.54) is 4.90 Å². The van der Waals surface area contributed by atoms with E-state index in [1.54, 1.807) is 26.2 Å². The molecule has 90 valence electrons. The number of hydrogen-bond donors (Lipinski definition) is 1. The van der Waals surface area contributed by atoms with Gasteiger partial charge in [-0.15, -0.1) is 0 Å². The summed E-state index contributed by atoms with van der Waals surface area (Å²) < 4.78 is 0. The number of aromatic nitrogens is 1. The molecule has 0 atom stereocenters. The zero-order chi connectivity index (χ0) is 12.6. The lowest BCUT2D eigenvalue weighted by Gasteiger charge is -2.27. The van der Waals surface area contributed by atoms with Gasteiger partial charge in [-0.05, 0) is 31.9 Å². The van der Waals surface area contributed by atoms with Gasteiger partial charge in [-0.3, -0.25) is 15.1 Å². The summed E-state index contributed by atoms with van der Waals surface area (Å²) in [5.74, 6) is -0.261. The maximum Gasteiger partial charge on any atom is 0.325 e. The SMILES string of the molecule is Cc1cncc(CN2C(=O)NC(=O)C2(C)C)c1. The molecule has 1 aromatic heterocycles. The second kappa shape index (κ2) is 3.84. The monoisotopic (exact) mass is 233 g/mol. The molecule has 2 rings (SSSR count). The Bertz CT molecular complexity index is 482. The van der Waals surface area contributed by atoms with Crippen LogP contribution in [0, 0.1) is 6.92 Å². The molecule has 1 fully saturated rings. The first-order chi connectivity index (χ1) is 7.91. The summed E-state index contributed by atoms with van der Waals surface area (Å²) in [5.41, 5.74) is 1.15. The second-order valence-corrected chi connectivity index (χ2v) is 4.77. The van der Waals surface area contributed by atoms with Gasteiger partial charge in [0.05, 0.1) is 6.54 Å². The fourth-order valence-corrected chi connectivity index (χ4v) is 1.85. The fourth-order valence-electron chi connectivity index (χ4n) is 1.85. The summed E-state index contributed by atoms with van der Waals surface area (Å²) in [5, 5.41) is 2.32. The Hall–Kier alpha value is -1.91. The van der Waals surface area contributed by atoms with Crippen LogP contribution in [0.5, 0.6) is 0 Å². The highest BCUT2D eigenvalue weighted by atomic mass is 16.2. The Morgan fingerprint density at radius 1 is 1.35 bits per heavy atom. The minimum absolute atomic E-state index is 0.261. The van der Waals surface area contributed by atoms with Crippen molar-refractivity contribution in [1.82, 2.24) is 15.2 Å². The van der Waals surface area contributed by atoms with Crippen LogP contribution in [0.4, 0.5) is 4.79 Å². The van der Waals surface area contributed by atoms with Crippen LogP contribution >= 0.6 is 0 Å². The molecule has 0 radical (unpaired) electrons. The molecule has 0 aliphatic carbocycles. The Morgan fingerprint density at radius 3 is 2.59 bits per heavy atom. The third kappa shape index (κ3) is 2.00. The van der Waals surface area contributed by atoms with Gasteiger partial charge < -0.3 is 4.90 Å². The molecule has 5 heteroatoms. The molecule has 0 unspecified atom stereocenters. The molecule has 0 aromatic carbocycles. The highest BCUT2D eigenvalue weighted by Gasteiger charge is 2.45. The molecule has 5 nitrogen and oxygen atoms in total. The normalized spacial score (nSPS) is 18.4. The van der Waals surface area contributed by atoms with Crippen molar-refractivity contribution in [3.63, 3.8) is 0 Å². The van der Waals surface area contributed by atoms with Crippen LogP contribution in [-0.4, -0.2) is 27.4 Å². The third-order valence-electron chi connectivity index (χ3n) is 2.97. The molecule has 1 aliphatic heterocycles. The van der Waals surface area contributed by atoms with Crippen molar-refractivity contribution >= 4 is 11.9 Å². The molecule has 0 saturated carbocycles. The fraction of sp³-hybridized carbons (Fsp3) is 0.417. The predicted molar refractivity (Wildman–Crippen MR) is 62.1 cm³/mol. The number of amides is 3. The first-order valence-electron chi connectivity index (χ1n) is 5.45. The van der Waals surface area contributed by atoms with Crippen molar-refractivity contribution < 1.29 is 9.59 Å². The summed E-state index contributed by atoms with van der Waals surface area (Å²) in [7, 11) is 0. The number of hydrogen-bond acceptors (Lipinski definition) is 3. The molecule has 1 aliphatic rings. The Morgan fingerprint density at radius 2 is 2.06 bits per heavy atom. The summed E-state index contributed by atoms with van der Waals surface area (Å²) in [6.07, 6.45) is 3.46. The largest absolute Gasteiger partial charge is 0.325 e. The average Bonchev–Trinajstić information content (AvgIpc) is 2.42. The van der Waals surface area contributed by atoms with Gasteiger partial charge in [-0.2, -0.15) is 0 Å². The van der Waals surface area contributed by atoms with Crippen molar-refractivity contribution in [3.8, 4) is 0 Å². The second-order valence-electron chi connectivity index (χ2n) is 4.77. The lowest BCUT2D eigenvalue weighted by Crippen LogP contribution is -2.43. The van der Waals surface area contributed by atoms with E-state index < -0.39 is 5.54 Å². The van der Waals surface area contributed by atoms with Crippen LogP contribution in [0.2, 0.25) is 0 Å². The molecule has 17 heavy (non-hydrogen) atoms. The van der Waals surface area contributed by atoms with Gasteiger partial charge in [0.25, 0.3) is 5.91 Å². The van der Waals surface area contributed by atoms with Crippen LogP contribution in [0.3, 0.4) is 0 Å². The van der Waals surface area contributed by atoms with Crippen LogP contribution in [-0.2, 0) is 11.3 Å². The number of carbonyl (C=O) groups excluding carboxylic acids is 2. The van der Waals surface area contributed by atoms with Gasteiger partial charge in [0.1, 0.15) is 5.54 Å². The summed E-state index contributed by atoms with van der Waals surface area (Å²) in [4.78, 5) is 28.8. The van der Waals surface area contributed by atoms with Gasteiger partial charge in [0, 0.05) is 12.4 Å². The van der Waals surface area contributed by atoms with Crippen molar-refractivity contribution in [2.24, 2.45) is 0 Å². The molecule has 0 bridgehead atoms. The van der Waals surface area contributed by atoms with E-state index in [0.29, 0.717) is 6.54 Å². The maximum absolute atomic E-state index is 11.7. The van der Waals surface area contributed by atoms with E-state index in [-0.39, 0.29) is 11.9 Å². The van der Waals surface area contributed by atoms with Gasteiger partial charge >= 0.3 is 6.03 Å². The molecule has 2 heterocycles. The number of rotatable bonds is 2. The Labute approximate surface area is 99.8 Å². The molecular formula is C12H15N3O2. The average molecular weight is 233 g/mol. The van der Waals surface area contributed by atoms with Gasteiger partial charge in [0.2, 0.25) is 0 Å². The van der Waals surface area contributed by atoms with Crippen molar-refractivity contribution in [2.75, 3.05) is 0 Å². The molecule has 1 N–H and O–H groups in total. The topological polar surface area (TPSA) is 62.3 Å². The number of urea groups is 1. The lowest BCUT2D eigenvalue weighted by atomic mass is 10.0. The van der Waals surface area contributed by atoms with E-state index in [1.807, 2.05) is 13.0 Å². The predicted octanol–water partition coefficient (Wildman–Crippen LogP) is 1.22. The van der Waals surface area contributed by atoms with Crippen LogP contribution in [0.15, 0.2) is 18.5 Å². The zero-order valence-electron chi connectivity index (χ0n) is 10.2. The first kappa shape index (κ1) is 11.6. The smallest absolute Gasteiger partial charge is 0.306 e. The summed E-state index contributed by atoms with van der Waals surface area (Å²) in [6, 6.07) is 1.61. The highest BCUT2D eigenvalue weighted by Crippen LogP contribution is 2.23. The number of imide groups is 1. The number of aryl methyl sites for hydroxylation is 1. The van der Waals surface area contributed by atoms with E-state index in [0.717, 1.165) is 11.1 Å². The Balaban J connectivity index is 2.24. The number of nitrogens with zero attached hydrogens (tertiary/aromatic N) is 2. The van der Waals surface area contributed by atoms with Crippen LogP contribution < -0.4 is 5.32 Å². The minimum atomic E-state index is -0.805. The number of nitrogens with one attached hydrogen (secondary N) is 1. The summed E-state index contributed by atoms with van der Waals surface area (Å²) in [6.45, 7) is 5.79. The first-order valence-corrected chi connectivity index (χ1v) is 5.45. The van der Waals surface area contributed by atoms with Gasteiger partial charge in [-0.1, -0.05) is 6.07 Å². The van der Waals surface area contributed by atoms with E-state index >= 15 is 0 Å². The number of carbonyl (C=O) groups is 2. The lowest BCUT2D eigenvalue weighted by molar-refractivity contribution is -0.125. The van der Waals surface area contributed by atoms with Crippen molar-refractivity contribution in [3.05, 3.63) is 29.6 Å². The van der Waals surface area contributed by atoms with Gasteiger partial charge in [0.15, 0.2) is 0 Å². The van der Waals surface area contributed by atoms with Gasteiger partial charge in [-0.25, -0.2) is 4.79 Å². The third-order valence-corrected chi connectivity index (χ3v) is 2.97. The molecule has 0 spiro atoms. The number of pyridine rings is 1. The van der Waals surface area contributed by atoms with Crippen molar-refractivity contribution in [2.45, 2.75) is 32.9 Å². The zero-order valence-corrected chi connectivity index (χ0v) is 10.2. The highest BCUT2D eigenvalue weighted by molar-refractivity contribution is 6.06. The minimum Gasteiger partial charge on any atom is -0.306 e. The molecule has 1 aromatic rings. The maximum atomic E-state index is 11.7. The van der Waals surface area contributed by atoms with E-state index in [9.17, 15) is 9.59 Å². The van der Waals surface area contributed by atoms with E-state index in [2.05, 4.69) is 10.3 Å². The Kier molecular flexibility index (Phi) is 2.61. The summed E-state index contributed by atoms with van der Waals surface area (Å²) >= 11 is 0.